The quantitative estimate of drug-likeness (QED) is 0.176. The summed E-state index contributed by atoms with van der Waals surface area (Å²) >= 11 is 0. The van der Waals surface area contributed by atoms with E-state index in [2.05, 4.69) is 209 Å². The van der Waals surface area contributed by atoms with E-state index in [9.17, 15) is 0 Å². The van der Waals surface area contributed by atoms with E-state index in [1.807, 2.05) is 0 Å². The summed E-state index contributed by atoms with van der Waals surface area (Å²) in [5.41, 5.74) is 20.5. The highest BCUT2D eigenvalue weighted by atomic mass is 16.3. The molecule has 0 saturated heterocycles. The van der Waals surface area contributed by atoms with E-state index in [1.165, 1.54) is 61.2 Å². The SMILES string of the molecule is CC1(C)c2ccccc2-c2cc(N(c3ccccc3)c3ccc(-c4c(-c5ccccc5)ccc5oc6cc7c(cc6c45)-c4ccccc4C7(C)C)cc3)ccc21. The summed E-state index contributed by atoms with van der Waals surface area (Å²) < 4.78 is 6.77. The second-order valence-electron chi connectivity index (χ2n) is 16.5. The third-order valence-electron chi connectivity index (χ3n) is 12.7. The van der Waals surface area contributed by atoms with Crippen LogP contribution < -0.4 is 4.90 Å². The minimum absolute atomic E-state index is 0.0436. The molecule has 0 aliphatic heterocycles. The topological polar surface area (TPSA) is 16.4 Å². The zero-order valence-electron chi connectivity index (χ0n) is 32.1. The molecule has 0 atom stereocenters. The molecule has 2 nitrogen and oxygen atoms in total. The maximum Gasteiger partial charge on any atom is 0.136 e. The molecule has 1 heterocycles. The molecule has 0 amide bonds. The van der Waals surface area contributed by atoms with Crippen LogP contribution in [-0.2, 0) is 10.8 Å². The largest absolute Gasteiger partial charge is 0.456 e. The average Bonchev–Trinajstić information content (AvgIpc) is 3.80. The molecule has 0 bridgehead atoms. The summed E-state index contributed by atoms with van der Waals surface area (Å²) in [5.74, 6) is 0. The molecule has 8 aromatic carbocycles. The van der Waals surface area contributed by atoms with Crippen LogP contribution in [0.25, 0.3) is 66.4 Å². The van der Waals surface area contributed by atoms with Crippen molar-refractivity contribution in [2.24, 2.45) is 0 Å². The van der Waals surface area contributed by atoms with Gasteiger partial charge in [-0.05, 0) is 116 Å². The summed E-state index contributed by atoms with van der Waals surface area (Å²) in [6.07, 6.45) is 0. The van der Waals surface area contributed by atoms with Crippen LogP contribution >= 0.6 is 0 Å². The molecule has 0 fully saturated rings. The first-order valence-corrected chi connectivity index (χ1v) is 19.7. The zero-order valence-corrected chi connectivity index (χ0v) is 32.1. The Morgan fingerprint density at radius 2 is 0.929 bits per heavy atom. The Bertz CT molecular complexity index is 3000. The molecule has 2 aliphatic rings. The van der Waals surface area contributed by atoms with Gasteiger partial charge in [0, 0.05) is 44.2 Å². The second-order valence-corrected chi connectivity index (χ2v) is 16.5. The minimum atomic E-state index is -0.101. The van der Waals surface area contributed by atoms with Gasteiger partial charge in [0.15, 0.2) is 0 Å². The Morgan fingerprint density at radius 1 is 0.375 bits per heavy atom. The number of anilines is 3. The molecule has 1 aromatic heterocycles. The van der Waals surface area contributed by atoms with Gasteiger partial charge >= 0.3 is 0 Å². The molecule has 268 valence electrons. The lowest BCUT2D eigenvalue weighted by atomic mass is 9.82. The Morgan fingerprint density at radius 3 is 1.62 bits per heavy atom. The Kier molecular flexibility index (Phi) is 6.98. The summed E-state index contributed by atoms with van der Waals surface area (Å²) in [6, 6.07) is 64.4. The Balaban J connectivity index is 1.10. The van der Waals surface area contributed by atoms with Gasteiger partial charge in [0.05, 0.1) is 0 Å². The van der Waals surface area contributed by atoms with Crippen LogP contribution in [0, 0.1) is 0 Å². The smallest absolute Gasteiger partial charge is 0.136 e. The van der Waals surface area contributed by atoms with Crippen molar-refractivity contribution in [2.45, 2.75) is 38.5 Å². The molecule has 56 heavy (non-hydrogen) atoms. The Hall–Kier alpha value is -6.64. The normalized spacial score (nSPS) is 14.4. The van der Waals surface area contributed by atoms with Crippen molar-refractivity contribution in [1.82, 2.24) is 0 Å². The standard InChI is InChI=1S/C54H41NO/c1-53(2)45-21-13-11-19-40(45)42-31-38(27-29-47(42)53)55(36-17-9-6-10-18-36)37-25-23-35(24-26-37)51-39(34-15-7-5-8-16-34)28-30-49-52(51)44-32-43-41-20-12-14-22-46(41)54(3,4)48(43)33-50(44)56-49/h5-33H,1-4H3. The molecule has 11 rings (SSSR count). The van der Waals surface area contributed by atoms with Crippen LogP contribution in [0.3, 0.4) is 0 Å². The van der Waals surface area contributed by atoms with Crippen molar-refractivity contribution in [2.75, 3.05) is 4.90 Å². The monoisotopic (exact) mass is 719 g/mol. The number of benzene rings is 8. The fraction of sp³-hybridized carbons (Fsp3) is 0.111. The fourth-order valence-corrected chi connectivity index (χ4v) is 9.87. The van der Waals surface area contributed by atoms with E-state index in [1.54, 1.807) is 0 Å². The van der Waals surface area contributed by atoms with Crippen LogP contribution in [0.2, 0.25) is 0 Å². The number of fused-ring (bicyclic) bond motifs is 9. The van der Waals surface area contributed by atoms with Crippen LogP contribution in [0.1, 0.15) is 49.9 Å². The number of para-hydroxylation sites is 1. The van der Waals surface area contributed by atoms with Crippen LogP contribution in [-0.4, -0.2) is 0 Å². The van der Waals surface area contributed by atoms with Gasteiger partial charge < -0.3 is 9.32 Å². The number of rotatable bonds is 5. The molecule has 2 aliphatic carbocycles. The van der Waals surface area contributed by atoms with Gasteiger partial charge in [0.1, 0.15) is 11.2 Å². The summed E-state index contributed by atoms with van der Waals surface area (Å²) in [5, 5.41) is 2.30. The van der Waals surface area contributed by atoms with Crippen molar-refractivity contribution < 1.29 is 4.42 Å². The molecule has 9 aromatic rings. The predicted molar refractivity (Wildman–Crippen MR) is 234 cm³/mol. The molecule has 0 radical (unpaired) electrons. The summed E-state index contributed by atoms with van der Waals surface area (Å²) in [7, 11) is 0. The highest BCUT2D eigenvalue weighted by molar-refractivity contribution is 6.17. The predicted octanol–water partition coefficient (Wildman–Crippen LogP) is 15.0. The number of hydrogen-bond acceptors (Lipinski definition) is 2. The first kappa shape index (κ1) is 32.8. The van der Waals surface area contributed by atoms with E-state index in [4.69, 9.17) is 4.42 Å². The van der Waals surface area contributed by atoms with Gasteiger partial charge in [0.25, 0.3) is 0 Å². The highest BCUT2D eigenvalue weighted by Crippen LogP contribution is 2.53. The number of nitrogens with zero attached hydrogens (tertiary/aromatic N) is 1. The van der Waals surface area contributed by atoms with Gasteiger partial charge in [-0.15, -0.1) is 0 Å². The van der Waals surface area contributed by atoms with Gasteiger partial charge in [-0.1, -0.05) is 149 Å². The van der Waals surface area contributed by atoms with E-state index in [0.29, 0.717) is 0 Å². The van der Waals surface area contributed by atoms with E-state index >= 15 is 0 Å². The maximum absolute atomic E-state index is 6.77. The molecule has 0 saturated carbocycles. The maximum atomic E-state index is 6.77. The third-order valence-corrected chi connectivity index (χ3v) is 12.7. The van der Waals surface area contributed by atoms with Gasteiger partial charge in [-0.3, -0.25) is 0 Å². The van der Waals surface area contributed by atoms with Gasteiger partial charge in [0.2, 0.25) is 0 Å². The van der Waals surface area contributed by atoms with Gasteiger partial charge in [-0.2, -0.15) is 0 Å². The van der Waals surface area contributed by atoms with E-state index in [-0.39, 0.29) is 10.8 Å². The highest BCUT2D eigenvalue weighted by Gasteiger charge is 2.37. The summed E-state index contributed by atoms with van der Waals surface area (Å²) in [4.78, 5) is 2.38. The Labute approximate surface area is 328 Å². The van der Waals surface area contributed by atoms with Crippen molar-refractivity contribution in [3.05, 3.63) is 198 Å². The lowest BCUT2D eigenvalue weighted by molar-refractivity contribution is 0.647. The average molecular weight is 720 g/mol. The minimum Gasteiger partial charge on any atom is -0.456 e. The van der Waals surface area contributed by atoms with Crippen molar-refractivity contribution in [3.8, 4) is 44.5 Å². The van der Waals surface area contributed by atoms with Crippen LogP contribution in [0.15, 0.2) is 180 Å². The van der Waals surface area contributed by atoms with Gasteiger partial charge in [-0.25, -0.2) is 0 Å². The molecular weight excluding hydrogens is 679 g/mol. The lowest BCUT2D eigenvalue weighted by Gasteiger charge is -2.27. The first-order chi connectivity index (χ1) is 27.3. The third kappa shape index (κ3) is 4.69. The lowest BCUT2D eigenvalue weighted by Crippen LogP contribution is -2.15. The van der Waals surface area contributed by atoms with E-state index < -0.39 is 0 Å². The molecule has 0 spiro atoms. The number of hydrogen-bond donors (Lipinski definition) is 0. The van der Waals surface area contributed by atoms with E-state index in [0.717, 1.165) is 44.6 Å². The molecule has 2 heteroatoms. The number of furan rings is 1. The molecule has 0 N–H and O–H groups in total. The molecule has 0 unspecified atom stereocenters. The summed E-state index contributed by atoms with van der Waals surface area (Å²) in [6.45, 7) is 9.33. The van der Waals surface area contributed by atoms with Crippen molar-refractivity contribution >= 4 is 39.0 Å². The van der Waals surface area contributed by atoms with Crippen molar-refractivity contribution in [1.29, 1.82) is 0 Å². The second kappa shape index (κ2) is 11.9. The molecular formula is C54H41NO. The van der Waals surface area contributed by atoms with Crippen molar-refractivity contribution in [3.63, 3.8) is 0 Å². The zero-order chi connectivity index (χ0) is 37.8. The first-order valence-electron chi connectivity index (χ1n) is 19.7. The fourth-order valence-electron chi connectivity index (χ4n) is 9.87. The van der Waals surface area contributed by atoms with Crippen LogP contribution in [0.4, 0.5) is 17.1 Å². The van der Waals surface area contributed by atoms with Crippen LogP contribution in [0.5, 0.6) is 0 Å².